The Morgan fingerprint density at radius 1 is 1.41 bits per heavy atom. The van der Waals surface area contributed by atoms with E-state index in [1.54, 1.807) is 18.2 Å². The summed E-state index contributed by atoms with van der Waals surface area (Å²) in [6.07, 6.45) is 2.20. The van der Waals surface area contributed by atoms with Crippen LogP contribution >= 0.6 is 11.6 Å². The average molecular weight is 250 g/mol. The second kappa shape index (κ2) is 4.39. The number of para-hydroxylation sites is 1. The summed E-state index contributed by atoms with van der Waals surface area (Å²) in [5.74, 6) is -0.636. The fourth-order valence-corrected chi connectivity index (χ4v) is 1.72. The molecule has 0 aliphatic rings. The Kier molecular flexibility index (Phi) is 2.93. The van der Waals surface area contributed by atoms with Gasteiger partial charge in [0.25, 0.3) is 5.91 Å². The molecule has 0 unspecified atom stereocenters. The highest BCUT2D eigenvalue weighted by Gasteiger charge is 2.11. The van der Waals surface area contributed by atoms with E-state index in [9.17, 15) is 9.59 Å². The van der Waals surface area contributed by atoms with E-state index in [0.29, 0.717) is 22.6 Å². The molecule has 5 nitrogen and oxygen atoms in total. The van der Waals surface area contributed by atoms with E-state index in [0.717, 1.165) is 0 Å². The van der Waals surface area contributed by atoms with Gasteiger partial charge in [-0.05, 0) is 18.2 Å². The fraction of sp³-hybridized carbons (Fsp3) is 0. The first-order valence-electron chi connectivity index (χ1n) is 4.73. The molecule has 0 saturated heterocycles. The first-order chi connectivity index (χ1) is 8.13. The molecule has 0 fully saturated rings. The molecule has 1 amide bonds. The number of aldehydes is 1. The Hall–Kier alpha value is -2.14. The van der Waals surface area contributed by atoms with Crippen LogP contribution in [0.4, 0.5) is 0 Å². The molecule has 0 radical (unpaired) electrons. The van der Waals surface area contributed by atoms with E-state index >= 15 is 0 Å². The summed E-state index contributed by atoms with van der Waals surface area (Å²) >= 11 is 6.00. The van der Waals surface area contributed by atoms with Crippen LogP contribution in [0.1, 0.15) is 20.8 Å². The zero-order valence-corrected chi connectivity index (χ0v) is 9.39. The quantitative estimate of drug-likeness (QED) is 0.836. The van der Waals surface area contributed by atoms with Gasteiger partial charge in [0.1, 0.15) is 5.69 Å². The van der Waals surface area contributed by atoms with Crippen LogP contribution in [0.25, 0.3) is 5.69 Å². The number of carbonyl (C=O) groups is 2. The maximum Gasteiger partial charge on any atom is 0.269 e. The highest BCUT2D eigenvalue weighted by molar-refractivity contribution is 6.32. The van der Waals surface area contributed by atoms with Gasteiger partial charge in [-0.2, -0.15) is 5.10 Å². The lowest BCUT2D eigenvalue weighted by Crippen LogP contribution is -2.12. The highest BCUT2D eigenvalue weighted by Crippen LogP contribution is 2.22. The van der Waals surface area contributed by atoms with Crippen LogP contribution in [0, 0.1) is 0 Å². The number of rotatable bonds is 3. The summed E-state index contributed by atoms with van der Waals surface area (Å²) in [6.45, 7) is 0. The van der Waals surface area contributed by atoms with Crippen LogP contribution < -0.4 is 5.73 Å². The lowest BCUT2D eigenvalue weighted by Gasteiger charge is -2.06. The van der Waals surface area contributed by atoms with Crippen molar-refractivity contribution in [3.05, 3.63) is 46.7 Å². The zero-order chi connectivity index (χ0) is 12.4. The maximum absolute atomic E-state index is 10.9. The van der Waals surface area contributed by atoms with Crippen molar-refractivity contribution in [2.24, 2.45) is 5.73 Å². The average Bonchev–Trinajstić information content (AvgIpc) is 2.77. The van der Waals surface area contributed by atoms with Crippen LogP contribution in [0.3, 0.4) is 0 Å². The minimum absolute atomic E-state index is 0.113. The summed E-state index contributed by atoms with van der Waals surface area (Å²) in [5.41, 5.74) is 6.02. The van der Waals surface area contributed by atoms with Crippen molar-refractivity contribution >= 4 is 23.8 Å². The molecule has 17 heavy (non-hydrogen) atoms. The van der Waals surface area contributed by atoms with Crippen LogP contribution in [0.15, 0.2) is 30.5 Å². The van der Waals surface area contributed by atoms with Crippen molar-refractivity contribution < 1.29 is 9.59 Å². The largest absolute Gasteiger partial charge is 0.364 e. The Morgan fingerprint density at radius 2 is 2.18 bits per heavy atom. The molecule has 0 bridgehead atoms. The molecule has 0 spiro atoms. The van der Waals surface area contributed by atoms with E-state index in [-0.39, 0.29) is 5.69 Å². The van der Waals surface area contributed by atoms with Crippen molar-refractivity contribution in [3.8, 4) is 5.69 Å². The standard InChI is InChI=1S/C11H8ClN3O2/c12-8-3-1-2-7(6-16)10(8)15-5-4-9(14-15)11(13)17/h1-6H,(H2,13,17). The van der Waals surface area contributed by atoms with E-state index < -0.39 is 5.91 Å². The molecule has 1 aromatic carbocycles. The zero-order valence-electron chi connectivity index (χ0n) is 8.63. The number of benzene rings is 1. The van der Waals surface area contributed by atoms with Gasteiger partial charge in [0.05, 0.1) is 10.7 Å². The number of hydrogen-bond acceptors (Lipinski definition) is 3. The Balaban J connectivity index is 2.59. The van der Waals surface area contributed by atoms with Gasteiger partial charge in [-0.3, -0.25) is 9.59 Å². The van der Waals surface area contributed by atoms with Crippen molar-refractivity contribution in [1.29, 1.82) is 0 Å². The second-order valence-electron chi connectivity index (χ2n) is 3.31. The molecule has 6 heteroatoms. The number of primary amides is 1. The van der Waals surface area contributed by atoms with Crippen LogP contribution in [0.5, 0.6) is 0 Å². The summed E-state index contributed by atoms with van der Waals surface area (Å²) in [5, 5.41) is 4.32. The minimum Gasteiger partial charge on any atom is -0.364 e. The number of amides is 1. The topological polar surface area (TPSA) is 78.0 Å². The van der Waals surface area contributed by atoms with E-state index in [1.807, 2.05) is 0 Å². The number of aromatic nitrogens is 2. The third-order valence-electron chi connectivity index (χ3n) is 2.22. The number of nitrogens with two attached hydrogens (primary N) is 1. The van der Waals surface area contributed by atoms with Crippen LogP contribution in [-0.2, 0) is 0 Å². The van der Waals surface area contributed by atoms with Gasteiger partial charge in [-0.25, -0.2) is 4.68 Å². The molecule has 0 saturated carbocycles. The summed E-state index contributed by atoms with van der Waals surface area (Å²) in [4.78, 5) is 21.8. The van der Waals surface area contributed by atoms with Gasteiger partial charge >= 0.3 is 0 Å². The van der Waals surface area contributed by atoms with Gasteiger partial charge in [0, 0.05) is 11.8 Å². The maximum atomic E-state index is 10.9. The molecule has 1 aromatic heterocycles. The minimum atomic E-state index is -0.636. The molecule has 0 aliphatic heterocycles. The molecule has 1 heterocycles. The monoisotopic (exact) mass is 249 g/mol. The number of halogens is 1. The molecular formula is C11H8ClN3O2. The fourth-order valence-electron chi connectivity index (χ4n) is 1.45. The van der Waals surface area contributed by atoms with Crippen molar-refractivity contribution in [1.82, 2.24) is 9.78 Å². The molecule has 0 aliphatic carbocycles. The van der Waals surface area contributed by atoms with Gasteiger partial charge in [-0.15, -0.1) is 0 Å². The summed E-state index contributed by atoms with van der Waals surface area (Å²) in [7, 11) is 0. The first kappa shape index (κ1) is 11.3. The molecular weight excluding hydrogens is 242 g/mol. The molecule has 0 atom stereocenters. The second-order valence-corrected chi connectivity index (χ2v) is 3.71. The third-order valence-corrected chi connectivity index (χ3v) is 2.52. The van der Waals surface area contributed by atoms with Crippen molar-refractivity contribution in [2.75, 3.05) is 0 Å². The molecule has 2 rings (SSSR count). The van der Waals surface area contributed by atoms with Crippen LogP contribution in [0.2, 0.25) is 5.02 Å². The van der Waals surface area contributed by atoms with Gasteiger partial charge in [-0.1, -0.05) is 17.7 Å². The summed E-state index contributed by atoms with van der Waals surface area (Å²) in [6, 6.07) is 6.36. The first-order valence-corrected chi connectivity index (χ1v) is 5.11. The van der Waals surface area contributed by atoms with Gasteiger partial charge in [0.2, 0.25) is 0 Å². The highest BCUT2D eigenvalue weighted by atomic mass is 35.5. The number of carbonyl (C=O) groups excluding carboxylic acids is 2. The normalized spacial score (nSPS) is 10.2. The van der Waals surface area contributed by atoms with E-state index in [4.69, 9.17) is 17.3 Å². The van der Waals surface area contributed by atoms with E-state index in [1.165, 1.54) is 16.9 Å². The Morgan fingerprint density at radius 3 is 2.76 bits per heavy atom. The predicted octanol–water partition coefficient (Wildman–Crippen LogP) is 1.44. The smallest absolute Gasteiger partial charge is 0.269 e. The lowest BCUT2D eigenvalue weighted by atomic mass is 10.2. The Bertz CT molecular complexity index is 592. The lowest BCUT2D eigenvalue weighted by molar-refractivity contribution is 0.0995. The summed E-state index contributed by atoms with van der Waals surface area (Å²) < 4.78 is 1.35. The van der Waals surface area contributed by atoms with Crippen molar-refractivity contribution in [3.63, 3.8) is 0 Å². The van der Waals surface area contributed by atoms with Crippen LogP contribution in [-0.4, -0.2) is 22.0 Å². The van der Waals surface area contributed by atoms with Gasteiger partial charge in [0.15, 0.2) is 6.29 Å². The molecule has 86 valence electrons. The van der Waals surface area contributed by atoms with E-state index in [2.05, 4.69) is 5.10 Å². The third kappa shape index (κ3) is 2.05. The molecule has 2 N–H and O–H groups in total. The SMILES string of the molecule is NC(=O)c1ccn(-c2c(Cl)cccc2C=O)n1. The number of nitrogens with zero attached hydrogens (tertiary/aromatic N) is 2. The predicted molar refractivity (Wildman–Crippen MR) is 62.5 cm³/mol. The number of hydrogen-bond donors (Lipinski definition) is 1. The van der Waals surface area contributed by atoms with Crippen molar-refractivity contribution in [2.45, 2.75) is 0 Å². The molecule has 2 aromatic rings. The van der Waals surface area contributed by atoms with Gasteiger partial charge < -0.3 is 5.73 Å². The Labute approximate surface area is 102 Å².